The Morgan fingerprint density at radius 1 is 1.12 bits per heavy atom. The summed E-state index contributed by atoms with van der Waals surface area (Å²) < 4.78 is 10.9. The molecule has 1 amide bonds. The van der Waals surface area contributed by atoms with E-state index in [0.717, 1.165) is 0 Å². The third-order valence-corrected chi connectivity index (χ3v) is 5.34. The number of carbonyl (C=O) groups excluding carboxylic acids is 1. The SMILES string of the molecule is CCc1onc(-c2ccc(CC(=O)O)cc2Cl)c1C(=O)NCCOc1ccc(Cl)cc1Cl. The lowest BCUT2D eigenvalue weighted by atomic mass is 10.0. The Kier molecular flexibility index (Phi) is 8.01. The van der Waals surface area contributed by atoms with Crippen molar-refractivity contribution in [3.8, 4) is 17.0 Å². The van der Waals surface area contributed by atoms with Crippen molar-refractivity contribution in [3.05, 3.63) is 68.4 Å². The van der Waals surface area contributed by atoms with Gasteiger partial charge in [0.2, 0.25) is 0 Å². The topological polar surface area (TPSA) is 102 Å². The van der Waals surface area contributed by atoms with Crippen LogP contribution in [0.25, 0.3) is 11.3 Å². The third kappa shape index (κ3) is 5.73. The molecule has 0 spiro atoms. The first kappa shape index (κ1) is 23.9. The Morgan fingerprint density at radius 2 is 1.91 bits per heavy atom. The zero-order valence-corrected chi connectivity index (χ0v) is 19.2. The average Bonchev–Trinajstić information content (AvgIpc) is 3.16. The highest BCUT2D eigenvalue weighted by atomic mass is 35.5. The minimum Gasteiger partial charge on any atom is -0.490 e. The van der Waals surface area contributed by atoms with E-state index in [1.165, 1.54) is 6.07 Å². The highest BCUT2D eigenvalue weighted by Gasteiger charge is 2.24. The molecule has 32 heavy (non-hydrogen) atoms. The molecule has 0 aliphatic heterocycles. The summed E-state index contributed by atoms with van der Waals surface area (Å²) in [5.41, 5.74) is 1.56. The summed E-state index contributed by atoms with van der Waals surface area (Å²) in [6.45, 7) is 2.22. The van der Waals surface area contributed by atoms with E-state index >= 15 is 0 Å². The van der Waals surface area contributed by atoms with Crippen LogP contribution in [0.5, 0.6) is 5.75 Å². The van der Waals surface area contributed by atoms with Crippen LogP contribution in [0, 0.1) is 0 Å². The number of hydrogen-bond acceptors (Lipinski definition) is 5. The Bertz CT molecular complexity index is 1150. The van der Waals surface area contributed by atoms with E-state index in [-0.39, 0.29) is 35.9 Å². The van der Waals surface area contributed by atoms with Gasteiger partial charge in [0.25, 0.3) is 5.91 Å². The summed E-state index contributed by atoms with van der Waals surface area (Å²) in [7, 11) is 0. The number of hydrogen-bond donors (Lipinski definition) is 2. The zero-order valence-electron chi connectivity index (χ0n) is 17.0. The number of aromatic nitrogens is 1. The van der Waals surface area contributed by atoms with Gasteiger partial charge in [0, 0.05) is 17.0 Å². The largest absolute Gasteiger partial charge is 0.490 e. The van der Waals surface area contributed by atoms with Gasteiger partial charge in [0.05, 0.1) is 23.0 Å². The highest BCUT2D eigenvalue weighted by molar-refractivity contribution is 6.35. The van der Waals surface area contributed by atoms with E-state index in [1.54, 1.807) is 30.3 Å². The fourth-order valence-electron chi connectivity index (χ4n) is 3.02. The second-order valence-electron chi connectivity index (χ2n) is 6.75. The molecule has 0 aliphatic rings. The Morgan fingerprint density at radius 3 is 2.56 bits per heavy atom. The van der Waals surface area contributed by atoms with Crippen LogP contribution in [0.3, 0.4) is 0 Å². The van der Waals surface area contributed by atoms with Crippen molar-refractivity contribution in [2.75, 3.05) is 13.2 Å². The maximum atomic E-state index is 12.9. The van der Waals surface area contributed by atoms with Crippen LogP contribution in [0.4, 0.5) is 0 Å². The summed E-state index contributed by atoms with van der Waals surface area (Å²) in [5, 5.41) is 16.9. The van der Waals surface area contributed by atoms with Gasteiger partial charge in [0.15, 0.2) is 0 Å². The van der Waals surface area contributed by atoms with Crippen molar-refractivity contribution in [1.82, 2.24) is 10.5 Å². The molecule has 0 bridgehead atoms. The van der Waals surface area contributed by atoms with E-state index in [9.17, 15) is 9.59 Å². The number of ether oxygens (including phenoxy) is 1. The predicted octanol–water partition coefficient (Wildman–Crippen LogP) is 5.30. The van der Waals surface area contributed by atoms with Crippen molar-refractivity contribution in [1.29, 1.82) is 0 Å². The van der Waals surface area contributed by atoms with Gasteiger partial charge < -0.3 is 19.7 Å². The second-order valence-corrected chi connectivity index (χ2v) is 8.00. The number of halogens is 3. The normalized spacial score (nSPS) is 10.8. The number of nitrogens with zero attached hydrogens (tertiary/aromatic N) is 1. The number of amides is 1. The van der Waals surface area contributed by atoms with Gasteiger partial charge in [-0.05, 0) is 29.8 Å². The van der Waals surface area contributed by atoms with Gasteiger partial charge in [-0.15, -0.1) is 0 Å². The molecule has 1 heterocycles. The van der Waals surface area contributed by atoms with Crippen molar-refractivity contribution in [2.24, 2.45) is 0 Å². The van der Waals surface area contributed by atoms with Gasteiger partial charge in [0.1, 0.15) is 29.4 Å². The monoisotopic (exact) mass is 496 g/mol. The minimum atomic E-state index is -0.967. The summed E-state index contributed by atoms with van der Waals surface area (Å²) in [5.74, 6) is -0.497. The van der Waals surface area contributed by atoms with Crippen LogP contribution in [0.15, 0.2) is 40.9 Å². The molecule has 0 saturated heterocycles. The fourth-order valence-corrected chi connectivity index (χ4v) is 3.78. The number of rotatable bonds is 9. The lowest BCUT2D eigenvalue weighted by molar-refractivity contribution is -0.136. The molecule has 2 aromatic carbocycles. The summed E-state index contributed by atoms with van der Waals surface area (Å²) >= 11 is 18.3. The van der Waals surface area contributed by atoms with E-state index < -0.39 is 11.9 Å². The van der Waals surface area contributed by atoms with E-state index in [2.05, 4.69) is 10.5 Å². The second kappa shape index (κ2) is 10.7. The van der Waals surface area contributed by atoms with Crippen LogP contribution < -0.4 is 10.1 Å². The Labute approximate surface area is 199 Å². The lowest BCUT2D eigenvalue weighted by Crippen LogP contribution is -2.29. The van der Waals surface area contributed by atoms with Crippen LogP contribution in [0.1, 0.15) is 28.6 Å². The quantitative estimate of drug-likeness (QED) is 0.389. The molecule has 0 atom stereocenters. The standard InChI is InChI=1S/C22H19Cl3N2O5/c1-2-17-20(22(30)26-7-8-31-18-6-4-13(23)11-16(18)25)21(27-32-17)14-5-3-12(9-15(14)24)10-19(28)29/h3-6,9,11H,2,7-8,10H2,1H3,(H,26,30)(H,28,29). The van der Waals surface area contributed by atoms with Gasteiger partial charge in [-0.3, -0.25) is 9.59 Å². The molecule has 3 rings (SSSR count). The number of carbonyl (C=O) groups is 2. The molecule has 0 aliphatic carbocycles. The molecular weight excluding hydrogens is 479 g/mol. The summed E-state index contributed by atoms with van der Waals surface area (Å²) in [4.78, 5) is 23.8. The van der Waals surface area contributed by atoms with E-state index in [0.29, 0.717) is 39.1 Å². The van der Waals surface area contributed by atoms with Crippen LogP contribution in [-0.4, -0.2) is 35.3 Å². The number of nitrogens with one attached hydrogen (secondary N) is 1. The lowest BCUT2D eigenvalue weighted by Gasteiger charge is -2.10. The van der Waals surface area contributed by atoms with Crippen molar-refractivity contribution in [3.63, 3.8) is 0 Å². The zero-order chi connectivity index (χ0) is 23.3. The molecule has 1 aromatic heterocycles. The van der Waals surface area contributed by atoms with E-state index in [4.69, 9.17) is 49.2 Å². The van der Waals surface area contributed by atoms with Crippen LogP contribution in [-0.2, 0) is 17.6 Å². The molecule has 0 unspecified atom stereocenters. The minimum absolute atomic E-state index is 0.163. The first-order valence-electron chi connectivity index (χ1n) is 9.65. The highest BCUT2D eigenvalue weighted by Crippen LogP contribution is 2.32. The number of carboxylic acids is 1. The smallest absolute Gasteiger partial charge is 0.307 e. The average molecular weight is 498 g/mol. The molecule has 0 saturated carbocycles. The molecule has 0 fully saturated rings. The number of aliphatic carboxylic acids is 1. The predicted molar refractivity (Wildman–Crippen MR) is 122 cm³/mol. The van der Waals surface area contributed by atoms with Crippen LogP contribution in [0.2, 0.25) is 15.1 Å². The fraction of sp³-hybridized carbons (Fsp3) is 0.227. The van der Waals surface area contributed by atoms with Crippen molar-refractivity contribution >= 4 is 46.7 Å². The number of aryl methyl sites for hydroxylation is 1. The Balaban J connectivity index is 1.73. The molecule has 168 valence electrons. The number of carboxylic acid groups (broad SMARTS) is 1. The maximum Gasteiger partial charge on any atom is 0.307 e. The van der Waals surface area contributed by atoms with Gasteiger partial charge in [-0.1, -0.05) is 59.0 Å². The van der Waals surface area contributed by atoms with Crippen molar-refractivity contribution < 1.29 is 24.0 Å². The van der Waals surface area contributed by atoms with Crippen molar-refractivity contribution in [2.45, 2.75) is 19.8 Å². The molecular formula is C22H19Cl3N2O5. The first-order chi connectivity index (χ1) is 15.3. The van der Waals surface area contributed by atoms with E-state index in [1.807, 2.05) is 6.92 Å². The third-order valence-electron chi connectivity index (χ3n) is 4.49. The summed E-state index contributed by atoms with van der Waals surface area (Å²) in [6.07, 6.45) is 0.283. The Hall–Kier alpha value is -2.74. The first-order valence-corrected chi connectivity index (χ1v) is 10.8. The van der Waals surface area contributed by atoms with Gasteiger partial charge in [-0.25, -0.2) is 0 Å². The number of benzene rings is 2. The summed E-state index contributed by atoms with van der Waals surface area (Å²) in [6, 6.07) is 9.66. The molecule has 10 heteroatoms. The molecule has 7 nitrogen and oxygen atoms in total. The van der Waals surface area contributed by atoms with Crippen LogP contribution >= 0.6 is 34.8 Å². The molecule has 0 radical (unpaired) electrons. The molecule has 3 aromatic rings. The van der Waals surface area contributed by atoms with Gasteiger partial charge in [-0.2, -0.15) is 0 Å². The van der Waals surface area contributed by atoms with Gasteiger partial charge >= 0.3 is 5.97 Å². The molecule has 2 N–H and O–H groups in total. The maximum absolute atomic E-state index is 12.9.